The van der Waals surface area contributed by atoms with Crippen LogP contribution >= 0.6 is 11.8 Å². The Hall–Kier alpha value is -1.00. The molecule has 1 aliphatic heterocycles. The first kappa shape index (κ1) is 14.4. The van der Waals surface area contributed by atoms with Crippen molar-refractivity contribution in [3.05, 3.63) is 35.9 Å². The van der Waals surface area contributed by atoms with E-state index in [1.807, 2.05) is 25.1 Å². The molecule has 1 aromatic carbocycles. The van der Waals surface area contributed by atoms with Gasteiger partial charge in [0.05, 0.1) is 5.25 Å². The van der Waals surface area contributed by atoms with E-state index in [1.165, 1.54) is 5.56 Å². The molecule has 0 aromatic heterocycles. The van der Waals surface area contributed by atoms with E-state index in [1.54, 1.807) is 11.8 Å². The van der Waals surface area contributed by atoms with Gasteiger partial charge < -0.3 is 10.6 Å². The monoisotopic (exact) mass is 278 g/mol. The zero-order valence-electron chi connectivity index (χ0n) is 11.4. The van der Waals surface area contributed by atoms with E-state index in [9.17, 15) is 4.79 Å². The van der Waals surface area contributed by atoms with Crippen molar-refractivity contribution in [1.82, 2.24) is 10.6 Å². The summed E-state index contributed by atoms with van der Waals surface area (Å²) in [6.45, 7) is 3.96. The molecule has 2 rings (SSSR count). The fourth-order valence-electron chi connectivity index (χ4n) is 2.16. The number of hydrogen-bond acceptors (Lipinski definition) is 3. The van der Waals surface area contributed by atoms with E-state index in [2.05, 4.69) is 22.8 Å². The van der Waals surface area contributed by atoms with E-state index in [0.29, 0.717) is 6.04 Å². The van der Waals surface area contributed by atoms with Gasteiger partial charge in [0.2, 0.25) is 5.91 Å². The normalized spacial score (nSPS) is 20.8. The number of rotatable bonds is 5. The lowest BCUT2D eigenvalue weighted by atomic mass is 10.1. The zero-order valence-corrected chi connectivity index (χ0v) is 12.2. The molecule has 1 fully saturated rings. The summed E-state index contributed by atoms with van der Waals surface area (Å²) in [5.74, 6) is 1.05. The lowest BCUT2D eigenvalue weighted by Gasteiger charge is -2.25. The molecule has 2 atom stereocenters. The third kappa shape index (κ3) is 4.88. The van der Waals surface area contributed by atoms with E-state index in [0.717, 1.165) is 31.7 Å². The van der Waals surface area contributed by atoms with E-state index in [4.69, 9.17) is 0 Å². The topological polar surface area (TPSA) is 41.1 Å². The van der Waals surface area contributed by atoms with Gasteiger partial charge in [-0.25, -0.2) is 0 Å². The summed E-state index contributed by atoms with van der Waals surface area (Å²) in [7, 11) is 0. The van der Waals surface area contributed by atoms with Gasteiger partial charge in [0.25, 0.3) is 0 Å². The summed E-state index contributed by atoms with van der Waals surface area (Å²) in [6, 6.07) is 10.6. The molecule has 3 nitrogen and oxygen atoms in total. The Kier molecular flexibility index (Phi) is 5.73. The number of nitrogens with one attached hydrogen (secondary N) is 2. The van der Waals surface area contributed by atoms with Gasteiger partial charge in [0, 0.05) is 18.3 Å². The molecule has 1 aliphatic rings. The van der Waals surface area contributed by atoms with Gasteiger partial charge in [0.15, 0.2) is 0 Å². The van der Waals surface area contributed by atoms with Gasteiger partial charge in [-0.3, -0.25) is 4.79 Å². The molecule has 0 spiro atoms. The van der Waals surface area contributed by atoms with Crippen LogP contribution in [0.15, 0.2) is 30.3 Å². The van der Waals surface area contributed by atoms with Crippen LogP contribution in [0.3, 0.4) is 0 Å². The van der Waals surface area contributed by atoms with Gasteiger partial charge >= 0.3 is 0 Å². The fourth-order valence-corrected chi connectivity index (χ4v) is 3.02. The third-order valence-corrected chi connectivity index (χ3v) is 4.57. The summed E-state index contributed by atoms with van der Waals surface area (Å²) in [6.07, 6.45) is 2.24. The number of amides is 1. The Balaban J connectivity index is 1.72. The molecule has 1 amide bonds. The Morgan fingerprint density at radius 2 is 2.26 bits per heavy atom. The number of carbonyl (C=O) groups excluding carboxylic acids is 1. The quantitative estimate of drug-likeness (QED) is 0.867. The maximum atomic E-state index is 12.1. The SMILES string of the molecule is CC(SCc1ccccc1)C(=O)NC1CCCNC1. The Morgan fingerprint density at radius 1 is 1.47 bits per heavy atom. The second-order valence-electron chi connectivity index (χ2n) is 4.99. The summed E-state index contributed by atoms with van der Waals surface area (Å²) in [5.41, 5.74) is 1.27. The van der Waals surface area contributed by atoms with Gasteiger partial charge in [-0.1, -0.05) is 30.3 Å². The Bertz CT molecular complexity index is 390. The molecular formula is C15H22N2OS. The minimum absolute atomic E-state index is 0.00197. The molecule has 0 radical (unpaired) electrons. The van der Waals surface area contributed by atoms with Crippen LogP contribution in [0.2, 0.25) is 0 Å². The maximum Gasteiger partial charge on any atom is 0.233 e. The average Bonchev–Trinajstić information content (AvgIpc) is 2.47. The van der Waals surface area contributed by atoms with E-state index < -0.39 is 0 Å². The molecule has 4 heteroatoms. The van der Waals surface area contributed by atoms with Crippen LogP contribution in [0, 0.1) is 0 Å². The Morgan fingerprint density at radius 3 is 2.95 bits per heavy atom. The predicted molar refractivity (Wildman–Crippen MR) is 81.2 cm³/mol. The van der Waals surface area contributed by atoms with Crippen LogP contribution < -0.4 is 10.6 Å². The fraction of sp³-hybridized carbons (Fsp3) is 0.533. The van der Waals surface area contributed by atoms with Crippen LogP contribution in [0.1, 0.15) is 25.3 Å². The van der Waals surface area contributed by atoms with Crippen LogP contribution in [0.5, 0.6) is 0 Å². The van der Waals surface area contributed by atoms with Crippen LogP contribution in [0.4, 0.5) is 0 Å². The highest BCUT2D eigenvalue weighted by Gasteiger charge is 2.19. The first-order valence-corrected chi connectivity index (χ1v) is 7.97. The first-order chi connectivity index (χ1) is 9.25. The molecule has 1 aromatic rings. The molecule has 0 saturated carbocycles. The van der Waals surface area contributed by atoms with Gasteiger partial charge in [0.1, 0.15) is 0 Å². The minimum Gasteiger partial charge on any atom is -0.351 e. The molecule has 1 saturated heterocycles. The molecule has 104 valence electrons. The highest BCUT2D eigenvalue weighted by atomic mass is 32.2. The molecule has 0 aliphatic carbocycles. The van der Waals surface area contributed by atoms with Gasteiger partial charge in [-0.15, -0.1) is 11.8 Å². The molecule has 1 heterocycles. The smallest absolute Gasteiger partial charge is 0.233 e. The molecule has 0 bridgehead atoms. The second kappa shape index (κ2) is 7.56. The van der Waals surface area contributed by atoms with Crippen LogP contribution in [-0.4, -0.2) is 30.3 Å². The first-order valence-electron chi connectivity index (χ1n) is 6.92. The van der Waals surface area contributed by atoms with Crippen molar-refractivity contribution in [1.29, 1.82) is 0 Å². The van der Waals surface area contributed by atoms with Crippen molar-refractivity contribution in [2.75, 3.05) is 13.1 Å². The van der Waals surface area contributed by atoms with Crippen molar-refractivity contribution < 1.29 is 4.79 Å². The highest BCUT2D eigenvalue weighted by molar-refractivity contribution is 7.99. The van der Waals surface area contributed by atoms with Gasteiger partial charge in [-0.05, 0) is 31.9 Å². The van der Waals surface area contributed by atoms with Crippen LogP contribution in [0.25, 0.3) is 0 Å². The lowest BCUT2D eigenvalue weighted by Crippen LogP contribution is -2.47. The number of hydrogen-bond donors (Lipinski definition) is 2. The van der Waals surface area contributed by atoms with E-state index in [-0.39, 0.29) is 11.2 Å². The largest absolute Gasteiger partial charge is 0.351 e. The van der Waals surface area contributed by atoms with Crippen molar-refractivity contribution in [3.8, 4) is 0 Å². The number of carbonyl (C=O) groups is 1. The summed E-state index contributed by atoms with van der Waals surface area (Å²) in [5, 5.41) is 6.45. The van der Waals surface area contributed by atoms with Crippen molar-refractivity contribution in [2.45, 2.75) is 36.8 Å². The van der Waals surface area contributed by atoms with Crippen molar-refractivity contribution in [2.24, 2.45) is 0 Å². The molecule has 2 N–H and O–H groups in total. The van der Waals surface area contributed by atoms with Crippen molar-refractivity contribution in [3.63, 3.8) is 0 Å². The Labute approximate surface area is 119 Å². The third-order valence-electron chi connectivity index (χ3n) is 3.36. The number of thioether (sulfide) groups is 1. The maximum absolute atomic E-state index is 12.1. The highest BCUT2D eigenvalue weighted by Crippen LogP contribution is 2.18. The minimum atomic E-state index is 0.00197. The predicted octanol–water partition coefficient (Wildman–Crippen LogP) is 2.18. The van der Waals surface area contributed by atoms with Crippen molar-refractivity contribution >= 4 is 17.7 Å². The molecule has 2 unspecified atom stereocenters. The molecular weight excluding hydrogens is 256 g/mol. The number of benzene rings is 1. The van der Waals surface area contributed by atoms with Crippen LogP contribution in [-0.2, 0) is 10.5 Å². The summed E-state index contributed by atoms with van der Waals surface area (Å²) < 4.78 is 0. The second-order valence-corrected chi connectivity index (χ2v) is 6.32. The summed E-state index contributed by atoms with van der Waals surface area (Å²) >= 11 is 1.69. The summed E-state index contributed by atoms with van der Waals surface area (Å²) in [4.78, 5) is 12.1. The lowest BCUT2D eigenvalue weighted by molar-refractivity contribution is -0.121. The average molecular weight is 278 g/mol. The molecule has 19 heavy (non-hydrogen) atoms. The zero-order chi connectivity index (χ0) is 13.5. The van der Waals surface area contributed by atoms with Gasteiger partial charge in [-0.2, -0.15) is 0 Å². The standard InChI is InChI=1S/C15H22N2OS/c1-12(19-11-13-6-3-2-4-7-13)15(18)17-14-8-5-9-16-10-14/h2-4,6-7,12,14,16H,5,8-11H2,1H3,(H,17,18). The number of piperidine rings is 1. The van der Waals surface area contributed by atoms with E-state index >= 15 is 0 Å².